The highest BCUT2D eigenvalue weighted by molar-refractivity contribution is 5.95. The Hall–Kier alpha value is -1.62. The first-order valence-electron chi connectivity index (χ1n) is 7.92. The van der Waals surface area contributed by atoms with Crippen LogP contribution >= 0.6 is 0 Å². The van der Waals surface area contributed by atoms with E-state index in [9.17, 15) is 4.79 Å². The van der Waals surface area contributed by atoms with Gasteiger partial charge in [-0.1, -0.05) is 13.3 Å². The lowest BCUT2D eigenvalue weighted by Crippen LogP contribution is -2.33. The second-order valence-corrected chi connectivity index (χ2v) is 5.54. The minimum absolute atomic E-state index is 0.00884. The van der Waals surface area contributed by atoms with Crippen molar-refractivity contribution in [1.82, 2.24) is 15.2 Å². The number of nitrogens with zero attached hydrogens (tertiary/aromatic N) is 2. The zero-order chi connectivity index (χ0) is 15.1. The van der Waals surface area contributed by atoms with E-state index in [1.165, 1.54) is 12.8 Å². The van der Waals surface area contributed by atoms with Crippen LogP contribution in [-0.4, -0.2) is 49.0 Å². The summed E-state index contributed by atoms with van der Waals surface area (Å²) in [7, 11) is 1.83. The third kappa shape index (κ3) is 4.70. The van der Waals surface area contributed by atoms with Crippen molar-refractivity contribution in [2.75, 3.05) is 38.5 Å². The Balaban J connectivity index is 1.92. The van der Waals surface area contributed by atoms with Crippen LogP contribution in [0.1, 0.15) is 42.2 Å². The number of hydrogen-bond donors (Lipinski definition) is 2. The largest absolute Gasteiger partial charge is 0.373 e. The number of carbonyl (C=O) groups excluding carboxylic acids is 1. The predicted octanol–water partition coefficient (Wildman–Crippen LogP) is 1.90. The van der Waals surface area contributed by atoms with Crippen molar-refractivity contribution in [2.24, 2.45) is 0 Å². The smallest absolute Gasteiger partial charge is 0.251 e. The van der Waals surface area contributed by atoms with E-state index >= 15 is 0 Å². The van der Waals surface area contributed by atoms with Crippen molar-refractivity contribution >= 4 is 11.7 Å². The summed E-state index contributed by atoms with van der Waals surface area (Å²) in [5.74, 6) is 0.746. The molecule has 1 aliphatic rings. The Morgan fingerprint density at radius 3 is 2.76 bits per heavy atom. The molecule has 1 aliphatic heterocycles. The molecule has 2 rings (SSSR count). The Morgan fingerprint density at radius 1 is 1.33 bits per heavy atom. The van der Waals surface area contributed by atoms with E-state index in [4.69, 9.17) is 0 Å². The van der Waals surface area contributed by atoms with Crippen molar-refractivity contribution in [3.8, 4) is 0 Å². The molecule has 1 aromatic heterocycles. The van der Waals surface area contributed by atoms with Crippen LogP contribution in [0.25, 0.3) is 0 Å². The number of nitrogens with one attached hydrogen (secondary N) is 2. The number of hydrogen-bond acceptors (Lipinski definition) is 4. The lowest BCUT2D eigenvalue weighted by molar-refractivity contribution is 0.0949. The molecule has 2 heterocycles. The van der Waals surface area contributed by atoms with Crippen molar-refractivity contribution in [2.45, 2.75) is 32.6 Å². The second-order valence-electron chi connectivity index (χ2n) is 5.54. The molecule has 0 radical (unpaired) electrons. The minimum atomic E-state index is -0.00884. The molecule has 1 saturated heterocycles. The van der Waals surface area contributed by atoms with E-state index in [-0.39, 0.29) is 5.91 Å². The van der Waals surface area contributed by atoms with Crippen LogP contribution in [0.2, 0.25) is 0 Å². The first-order chi connectivity index (χ1) is 10.2. The van der Waals surface area contributed by atoms with E-state index < -0.39 is 0 Å². The molecule has 1 amide bonds. The number of aryl methyl sites for hydroxylation is 1. The first-order valence-corrected chi connectivity index (χ1v) is 7.92. The molecule has 21 heavy (non-hydrogen) atoms. The maximum Gasteiger partial charge on any atom is 0.251 e. The van der Waals surface area contributed by atoms with E-state index in [0.717, 1.165) is 44.0 Å². The SMILES string of the molecule is CCCc1cc(C(=O)NCCN2CCCC2)cc(NC)n1. The maximum atomic E-state index is 12.3. The summed E-state index contributed by atoms with van der Waals surface area (Å²) in [6.45, 7) is 6.09. The van der Waals surface area contributed by atoms with Gasteiger partial charge >= 0.3 is 0 Å². The highest BCUT2D eigenvalue weighted by atomic mass is 16.1. The van der Waals surface area contributed by atoms with Crippen LogP contribution < -0.4 is 10.6 Å². The Labute approximate surface area is 127 Å². The average Bonchev–Trinajstić information content (AvgIpc) is 3.00. The quantitative estimate of drug-likeness (QED) is 0.805. The van der Waals surface area contributed by atoms with Crippen LogP contribution in [0.3, 0.4) is 0 Å². The molecule has 0 bridgehead atoms. The molecule has 2 N–H and O–H groups in total. The molecular weight excluding hydrogens is 264 g/mol. The van der Waals surface area contributed by atoms with Gasteiger partial charge in [0, 0.05) is 31.4 Å². The average molecular weight is 290 g/mol. The third-order valence-electron chi connectivity index (χ3n) is 3.82. The molecule has 5 nitrogen and oxygen atoms in total. The van der Waals surface area contributed by atoms with Gasteiger partial charge < -0.3 is 15.5 Å². The van der Waals surface area contributed by atoms with Gasteiger partial charge in [-0.2, -0.15) is 0 Å². The van der Waals surface area contributed by atoms with Gasteiger partial charge in [-0.15, -0.1) is 0 Å². The minimum Gasteiger partial charge on any atom is -0.373 e. The van der Waals surface area contributed by atoms with Gasteiger partial charge in [0.25, 0.3) is 5.91 Å². The van der Waals surface area contributed by atoms with Crippen molar-refractivity contribution in [1.29, 1.82) is 0 Å². The highest BCUT2D eigenvalue weighted by Gasteiger charge is 2.12. The Bertz CT molecular complexity index is 469. The van der Waals surface area contributed by atoms with E-state index in [1.54, 1.807) is 0 Å². The molecule has 0 saturated carbocycles. The molecule has 5 heteroatoms. The fourth-order valence-corrected chi connectivity index (χ4v) is 2.67. The van der Waals surface area contributed by atoms with Gasteiger partial charge in [0.1, 0.15) is 5.82 Å². The lowest BCUT2D eigenvalue weighted by atomic mass is 10.1. The van der Waals surface area contributed by atoms with E-state index in [1.807, 2.05) is 19.2 Å². The maximum absolute atomic E-state index is 12.3. The second kappa shape index (κ2) is 7.98. The fraction of sp³-hybridized carbons (Fsp3) is 0.625. The molecule has 0 aliphatic carbocycles. The summed E-state index contributed by atoms with van der Waals surface area (Å²) in [5.41, 5.74) is 1.66. The summed E-state index contributed by atoms with van der Waals surface area (Å²) >= 11 is 0. The third-order valence-corrected chi connectivity index (χ3v) is 3.82. The first kappa shape index (κ1) is 15.8. The van der Waals surface area contributed by atoms with Crippen molar-refractivity contribution < 1.29 is 4.79 Å². The number of aromatic nitrogens is 1. The van der Waals surface area contributed by atoms with Crippen LogP contribution in [0.4, 0.5) is 5.82 Å². The number of anilines is 1. The van der Waals surface area contributed by atoms with Crippen LogP contribution in [0, 0.1) is 0 Å². The van der Waals surface area contributed by atoms with Gasteiger partial charge in [-0.3, -0.25) is 4.79 Å². The van der Waals surface area contributed by atoms with Gasteiger partial charge in [-0.05, 0) is 44.5 Å². The number of likely N-dealkylation sites (tertiary alicyclic amines) is 1. The molecule has 0 spiro atoms. The number of rotatable bonds is 7. The van der Waals surface area contributed by atoms with Crippen LogP contribution in [-0.2, 0) is 6.42 Å². The zero-order valence-electron chi connectivity index (χ0n) is 13.1. The van der Waals surface area contributed by atoms with E-state index in [0.29, 0.717) is 12.1 Å². The monoisotopic (exact) mass is 290 g/mol. The van der Waals surface area contributed by atoms with Crippen molar-refractivity contribution in [3.05, 3.63) is 23.4 Å². The lowest BCUT2D eigenvalue weighted by Gasteiger charge is -2.15. The fourth-order valence-electron chi connectivity index (χ4n) is 2.67. The van der Waals surface area contributed by atoms with Crippen LogP contribution in [0.5, 0.6) is 0 Å². The summed E-state index contributed by atoms with van der Waals surface area (Å²) in [4.78, 5) is 19.1. The number of amides is 1. The molecule has 1 aromatic rings. The molecular formula is C16H26N4O. The molecule has 0 aromatic carbocycles. The topological polar surface area (TPSA) is 57.3 Å². The van der Waals surface area contributed by atoms with E-state index in [2.05, 4.69) is 27.4 Å². The Morgan fingerprint density at radius 2 is 2.10 bits per heavy atom. The molecule has 1 fully saturated rings. The summed E-state index contributed by atoms with van der Waals surface area (Å²) in [6.07, 6.45) is 4.48. The van der Waals surface area contributed by atoms with Crippen LogP contribution in [0.15, 0.2) is 12.1 Å². The predicted molar refractivity (Wildman–Crippen MR) is 85.8 cm³/mol. The number of carbonyl (C=O) groups is 1. The summed E-state index contributed by atoms with van der Waals surface area (Å²) in [5, 5.41) is 6.03. The standard InChI is InChI=1S/C16H26N4O/c1-3-6-14-11-13(12-15(17-2)19-14)16(21)18-7-10-20-8-4-5-9-20/h11-12H,3-10H2,1-2H3,(H,17,19)(H,18,21). The van der Waals surface area contributed by atoms with Crippen molar-refractivity contribution in [3.63, 3.8) is 0 Å². The highest BCUT2D eigenvalue weighted by Crippen LogP contribution is 2.12. The van der Waals surface area contributed by atoms with Gasteiger partial charge in [0.2, 0.25) is 0 Å². The molecule has 0 unspecified atom stereocenters. The normalized spacial score (nSPS) is 15.1. The Kier molecular flexibility index (Phi) is 5.99. The zero-order valence-corrected chi connectivity index (χ0v) is 13.1. The number of pyridine rings is 1. The van der Waals surface area contributed by atoms with Gasteiger partial charge in [0.15, 0.2) is 0 Å². The van der Waals surface area contributed by atoms with Gasteiger partial charge in [-0.25, -0.2) is 4.98 Å². The van der Waals surface area contributed by atoms with Gasteiger partial charge in [0.05, 0.1) is 0 Å². The summed E-state index contributed by atoms with van der Waals surface area (Å²) in [6, 6.07) is 3.71. The summed E-state index contributed by atoms with van der Waals surface area (Å²) < 4.78 is 0. The molecule has 116 valence electrons. The molecule has 0 atom stereocenters.